The second kappa shape index (κ2) is 6.23. The van der Waals surface area contributed by atoms with E-state index in [1.165, 1.54) is 17.7 Å². The molecule has 1 aliphatic rings. The first-order valence-electron chi connectivity index (χ1n) is 5.88. The van der Waals surface area contributed by atoms with Gasteiger partial charge in [-0.05, 0) is 53.4 Å². The SMILES string of the molecule is CC(O)c1ccc(SCC2CCCO2)c(Br)c1. The molecule has 2 unspecified atom stereocenters. The van der Waals surface area contributed by atoms with Crippen molar-refractivity contribution in [1.29, 1.82) is 0 Å². The minimum absolute atomic E-state index is 0.406. The first-order valence-corrected chi connectivity index (χ1v) is 7.66. The van der Waals surface area contributed by atoms with Gasteiger partial charge in [-0.15, -0.1) is 11.8 Å². The molecule has 1 aromatic rings. The van der Waals surface area contributed by atoms with Crippen LogP contribution in [0.2, 0.25) is 0 Å². The number of halogens is 1. The zero-order valence-corrected chi connectivity index (χ0v) is 12.3. The molecule has 1 N–H and O–H groups in total. The van der Waals surface area contributed by atoms with E-state index in [1.54, 1.807) is 6.92 Å². The van der Waals surface area contributed by atoms with Crippen LogP contribution in [0.4, 0.5) is 0 Å². The van der Waals surface area contributed by atoms with Crippen LogP contribution in [-0.4, -0.2) is 23.6 Å². The van der Waals surface area contributed by atoms with E-state index < -0.39 is 6.10 Å². The van der Waals surface area contributed by atoms with Gasteiger partial charge in [-0.25, -0.2) is 0 Å². The quantitative estimate of drug-likeness (QED) is 0.857. The van der Waals surface area contributed by atoms with Crippen LogP contribution in [-0.2, 0) is 4.74 Å². The minimum Gasteiger partial charge on any atom is -0.389 e. The smallest absolute Gasteiger partial charge is 0.0762 e. The third kappa shape index (κ3) is 3.71. The van der Waals surface area contributed by atoms with Gasteiger partial charge in [-0.2, -0.15) is 0 Å². The predicted molar refractivity (Wildman–Crippen MR) is 74.5 cm³/mol. The summed E-state index contributed by atoms with van der Waals surface area (Å²) in [4.78, 5) is 1.21. The van der Waals surface area contributed by atoms with Crippen LogP contribution in [0.25, 0.3) is 0 Å². The molecule has 0 aromatic heterocycles. The van der Waals surface area contributed by atoms with Gasteiger partial charge in [0.2, 0.25) is 0 Å². The molecule has 1 aliphatic heterocycles. The lowest BCUT2D eigenvalue weighted by atomic mass is 10.1. The average Bonchev–Trinajstić information content (AvgIpc) is 2.80. The minimum atomic E-state index is -0.413. The Hall–Kier alpha value is -0.0300. The third-order valence-electron chi connectivity index (χ3n) is 2.89. The van der Waals surface area contributed by atoms with Crippen molar-refractivity contribution in [1.82, 2.24) is 0 Å². The lowest BCUT2D eigenvalue weighted by molar-refractivity contribution is 0.129. The van der Waals surface area contributed by atoms with Crippen LogP contribution in [0, 0.1) is 0 Å². The Morgan fingerprint density at radius 2 is 2.41 bits per heavy atom. The molecule has 17 heavy (non-hydrogen) atoms. The molecule has 1 aromatic carbocycles. The molecule has 2 nitrogen and oxygen atoms in total. The Bertz CT molecular complexity index is 376. The Labute approximate surface area is 115 Å². The normalized spacial score (nSPS) is 21.7. The van der Waals surface area contributed by atoms with Crippen molar-refractivity contribution in [2.45, 2.75) is 36.9 Å². The summed E-state index contributed by atoms with van der Waals surface area (Å²) < 4.78 is 6.65. The molecular formula is C13H17BrO2S. The van der Waals surface area contributed by atoms with Crippen LogP contribution < -0.4 is 0 Å². The van der Waals surface area contributed by atoms with E-state index in [2.05, 4.69) is 22.0 Å². The van der Waals surface area contributed by atoms with E-state index in [0.29, 0.717) is 6.10 Å². The van der Waals surface area contributed by atoms with Crippen molar-refractivity contribution >= 4 is 27.7 Å². The van der Waals surface area contributed by atoms with Crippen molar-refractivity contribution in [3.63, 3.8) is 0 Å². The van der Waals surface area contributed by atoms with Crippen molar-refractivity contribution in [2.24, 2.45) is 0 Å². The highest BCUT2D eigenvalue weighted by atomic mass is 79.9. The summed E-state index contributed by atoms with van der Waals surface area (Å²) in [7, 11) is 0. The Balaban J connectivity index is 1.96. The van der Waals surface area contributed by atoms with Gasteiger partial charge in [0.15, 0.2) is 0 Å². The molecule has 94 valence electrons. The monoisotopic (exact) mass is 316 g/mol. The molecule has 0 radical (unpaired) electrons. The highest BCUT2D eigenvalue weighted by Crippen LogP contribution is 2.32. The molecule has 0 spiro atoms. The fourth-order valence-corrected chi connectivity index (χ4v) is 3.58. The van der Waals surface area contributed by atoms with Crippen molar-refractivity contribution in [3.05, 3.63) is 28.2 Å². The highest BCUT2D eigenvalue weighted by Gasteiger charge is 2.16. The average molecular weight is 317 g/mol. The number of aliphatic hydroxyl groups excluding tert-OH is 1. The second-order valence-electron chi connectivity index (χ2n) is 4.31. The van der Waals surface area contributed by atoms with Gasteiger partial charge < -0.3 is 9.84 Å². The van der Waals surface area contributed by atoms with Crippen LogP contribution in [0.5, 0.6) is 0 Å². The summed E-state index contributed by atoms with van der Waals surface area (Å²) >= 11 is 5.36. The van der Waals surface area contributed by atoms with Crippen molar-refractivity contribution in [3.8, 4) is 0 Å². The van der Waals surface area contributed by atoms with E-state index in [1.807, 2.05) is 23.9 Å². The lowest BCUT2D eigenvalue weighted by Crippen LogP contribution is -2.07. The standard InChI is InChI=1S/C13H17BrO2S/c1-9(15)10-4-5-13(12(14)7-10)17-8-11-3-2-6-16-11/h4-5,7,9,11,15H,2-3,6,8H2,1H3. The van der Waals surface area contributed by atoms with Crippen molar-refractivity contribution < 1.29 is 9.84 Å². The molecule has 2 rings (SSSR count). The van der Waals surface area contributed by atoms with Crippen molar-refractivity contribution in [2.75, 3.05) is 12.4 Å². The van der Waals surface area contributed by atoms with Crippen LogP contribution in [0.1, 0.15) is 31.4 Å². The first-order chi connectivity index (χ1) is 8.16. The number of aliphatic hydroxyl groups is 1. The molecule has 0 amide bonds. The van der Waals surface area contributed by atoms with Gasteiger partial charge in [-0.1, -0.05) is 6.07 Å². The highest BCUT2D eigenvalue weighted by molar-refractivity contribution is 9.10. The largest absolute Gasteiger partial charge is 0.389 e. The molecule has 0 saturated carbocycles. The molecule has 0 aliphatic carbocycles. The van der Waals surface area contributed by atoms with Crippen LogP contribution in [0.3, 0.4) is 0 Å². The second-order valence-corrected chi connectivity index (χ2v) is 6.23. The van der Waals surface area contributed by atoms with E-state index in [0.717, 1.165) is 22.4 Å². The summed E-state index contributed by atoms with van der Waals surface area (Å²) in [6, 6.07) is 6.03. The van der Waals surface area contributed by atoms with Gasteiger partial charge in [-0.3, -0.25) is 0 Å². The number of thioether (sulfide) groups is 1. The Morgan fingerprint density at radius 3 is 3.00 bits per heavy atom. The molecular weight excluding hydrogens is 300 g/mol. The first kappa shape index (κ1) is 13.4. The van der Waals surface area contributed by atoms with E-state index in [-0.39, 0.29) is 0 Å². The maximum absolute atomic E-state index is 9.49. The summed E-state index contributed by atoms with van der Waals surface area (Å²) in [6.45, 7) is 2.69. The van der Waals surface area contributed by atoms with Gasteiger partial charge in [0, 0.05) is 21.7 Å². The van der Waals surface area contributed by atoms with Crippen LogP contribution in [0.15, 0.2) is 27.6 Å². The maximum atomic E-state index is 9.49. The number of ether oxygens (including phenoxy) is 1. The molecule has 2 atom stereocenters. The molecule has 1 heterocycles. The number of hydrogen-bond donors (Lipinski definition) is 1. The zero-order valence-electron chi connectivity index (χ0n) is 9.86. The van der Waals surface area contributed by atoms with Gasteiger partial charge in [0.05, 0.1) is 12.2 Å². The molecule has 1 saturated heterocycles. The summed E-state index contributed by atoms with van der Waals surface area (Å²) in [5.74, 6) is 1.01. The zero-order chi connectivity index (χ0) is 12.3. The Kier molecular flexibility index (Phi) is 4.91. The number of rotatable bonds is 4. The molecule has 4 heteroatoms. The van der Waals surface area contributed by atoms with Gasteiger partial charge >= 0.3 is 0 Å². The molecule has 0 bridgehead atoms. The topological polar surface area (TPSA) is 29.5 Å². The van der Waals surface area contributed by atoms with E-state index >= 15 is 0 Å². The Morgan fingerprint density at radius 1 is 1.59 bits per heavy atom. The number of benzene rings is 1. The molecule has 1 fully saturated rings. The van der Waals surface area contributed by atoms with Crippen LogP contribution >= 0.6 is 27.7 Å². The summed E-state index contributed by atoms with van der Waals surface area (Å²) in [6.07, 6.45) is 2.36. The fourth-order valence-electron chi connectivity index (χ4n) is 1.85. The van der Waals surface area contributed by atoms with E-state index in [4.69, 9.17) is 4.74 Å². The number of hydrogen-bond acceptors (Lipinski definition) is 3. The third-order valence-corrected chi connectivity index (χ3v) is 5.01. The summed E-state index contributed by atoms with van der Waals surface area (Å²) in [5.41, 5.74) is 0.943. The van der Waals surface area contributed by atoms with Gasteiger partial charge in [0.1, 0.15) is 0 Å². The lowest BCUT2D eigenvalue weighted by Gasteiger charge is -2.11. The predicted octanol–water partition coefficient (Wildman–Crippen LogP) is 3.77. The summed E-state index contributed by atoms with van der Waals surface area (Å²) in [5, 5.41) is 9.49. The maximum Gasteiger partial charge on any atom is 0.0762 e. The fraction of sp³-hybridized carbons (Fsp3) is 0.538. The van der Waals surface area contributed by atoms with E-state index in [9.17, 15) is 5.11 Å². The van der Waals surface area contributed by atoms with Gasteiger partial charge in [0.25, 0.3) is 0 Å².